The SMILES string of the molecule is CSC1CCC(Nc2c(F)cc(C(N)=S)cc2F)CC1. The van der Waals surface area contributed by atoms with Crippen molar-refractivity contribution in [2.45, 2.75) is 37.0 Å². The van der Waals surface area contributed by atoms with Gasteiger partial charge in [0.15, 0.2) is 0 Å². The number of anilines is 1. The molecule has 1 fully saturated rings. The van der Waals surface area contributed by atoms with E-state index in [2.05, 4.69) is 11.6 Å². The van der Waals surface area contributed by atoms with E-state index in [1.54, 1.807) is 0 Å². The molecule has 0 saturated heterocycles. The number of thioether (sulfide) groups is 1. The zero-order chi connectivity index (χ0) is 14.7. The second kappa shape index (κ2) is 6.72. The Balaban J connectivity index is 2.08. The first-order valence-corrected chi connectivity index (χ1v) is 8.29. The molecular formula is C14H18F2N2S2. The summed E-state index contributed by atoms with van der Waals surface area (Å²) in [6.07, 6.45) is 6.12. The lowest BCUT2D eigenvalue weighted by molar-refractivity contribution is 0.467. The van der Waals surface area contributed by atoms with Crippen LogP contribution in [0.15, 0.2) is 12.1 Å². The molecule has 3 N–H and O–H groups in total. The molecule has 0 bridgehead atoms. The average Bonchev–Trinajstić information content (AvgIpc) is 2.43. The van der Waals surface area contributed by atoms with Crippen molar-refractivity contribution in [1.82, 2.24) is 0 Å². The molecule has 0 aromatic heterocycles. The molecule has 0 atom stereocenters. The Morgan fingerprint density at radius 1 is 1.25 bits per heavy atom. The second-order valence-corrected chi connectivity index (χ2v) is 6.61. The maximum atomic E-state index is 13.9. The highest BCUT2D eigenvalue weighted by Gasteiger charge is 2.22. The van der Waals surface area contributed by atoms with Gasteiger partial charge < -0.3 is 11.1 Å². The normalized spacial score (nSPS) is 22.6. The van der Waals surface area contributed by atoms with Crippen molar-refractivity contribution in [1.29, 1.82) is 0 Å². The van der Waals surface area contributed by atoms with Gasteiger partial charge in [-0.05, 0) is 44.1 Å². The van der Waals surface area contributed by atoms with Crippen molar-refractivity contribution >= 4 is 34.7 Å². The van der Waals surface area contributed by atoms with Gasteiger partial charge in [-0.15, -0.1) is 0 Å². The molecule has 2 rings (SSSR count). The van der Waals surface area contributed by atoms with Gasteiger partial charge in [0.05, 0.1) is 0 Å². The van der Waals surface area contributed by atoms with Crippen molar-refractivity contribution in [3.05, 3.63) is 29.3 Å². The van der Waals surface area contributed by atoms with Gasteiger partial charge >= 0.3 is 0 Å². The number of halogens is 2. The number of nitrogens with two attached hydrogens (primary N) is 1. The molecule has 0 unspecified atom stereocenters. The topological polar surface area (TPSA) is 38.0 Å². The summed E-state index contributed by atoms with van der Waals surface area (Å²) in [5.74, 6) is -1.28. The van der Waals surface area contributed by atoms with Crippen LogP contribution in [-0.4, -0.2) is 22.5 Å². The van der Waals surface area contributed by atoms with E-state index in [0.29, 0.717) is 5.25 Å². The van der Waals surface area contributed by atoms with Gasteiger partial charge in [0, 0.05) is 16.9 Å². The van der Waals surface area contributed by atoms with Crippen LogP contribution in [0.3, 0.4) is 0 Å². The minimum absolute atomic E-state index is 0.00479. The lowest BCUT2D eigenvalue weighted by Crippen LogP contribution is -2.28. The van der Waals surface area contributed by atoms with Crippen LogP contribution in [0.2, 0.25) is 0 Å². The molecule has 6 heteroatoms. The van der Waals surface area contributed by atoms with E-state index in [0.717, 1.165) is 25.7 Å². The molecule has 1 saturated carbocycles. The van der Waals surface area contributed by atoms with E-state index in [4.69, 9.17) is 18.0 Å². The Morgan fingerprint density at radius 2 is 1.80 bits per heavy atom. The maximum Gasteiger partial charge on any atom is 0.150 e. The third-order valence-electron chi connectivity index (χ3n) is 3.68. The number of rotatable bonds is 4. The minimum Gasteiger partial charge on any atom is -0.389 e. The number of nitrogens with one attached hydrogen (secondary N) is 1. The van der Waals surface area contributed by atoms with Crippen LogP contribution in [0.4, 0.5) is 14.5 Å². The van der Waals surface area contributed by atoms with Crippen LogP contribution in [0.25, 0.3) is 0 Å². The van der Waals surface area contributed by atoms with E-state index in [9.17, 15) is 8.78 Å². The predicted molar refractivity (Wildman–Crippen MR) is 85.4 cm³/mol. The van der Waals surface area contributed by atoms with Crippen LogP contribution in [0.1, 0.15) is 31.2 Å². The molecule has 1 aliphatic rings. The third-order valence-corrected chi connectivity index (χ3v) is 5.06. The van der Waals surface area contributed by atoms with Gasteiger partial charge in [-0.2, -0.15) is 11.8 Å². The monoisotopic (exact) mass is 316 g/mol. The molecule has 1 aromatic rings. The first-order chi connectivity index (χ1) is 9.51. The molecule has 0 aliphatic heterocycles. The van der Waals surface area contributed by atoms with Gasteiger partial charge in [-0.1, -0.05) is 12.2 Å². The summed E-state index contributed by atoms with van der Waals surface area (Å²) in [4.78, 5) is -0.00479. The molecule has 1 aliphatic carbocycles. The summed E-state index contributed by atoms with van der Waals surface area (Å²) >= 11 is 6.60. The Morgan fingerprint density at radius 3 is 2.25 bits per heavy atom. The Bertz CT molecular complexity index is 477. The summed E-state index contributed by atoms with van der Waals surface area (Å²) in [5, 5.41) is 3.65. The molecule has 0 heterocycles. The quantitative estimate of drug-likeness (QED) is 0.831. The fraction of sp³-hybridized carbons (Fsp3) is 0.500. The summed E-state index contributed by atoms with van der Waals surface area (Å²) in [7, 11) is 0. The summed E-state index contributed by atoms with van der Waals surface area (Å²) in [5.41, 5.74) is 5.53. The van der Waals surface area contributed by atoms with Crippen molar-refractivity contribution in [3.8, 4) is 0 Å². The molecule has 20 heavy (non-hydrogen) atoms. The molecule has 0 amide bonds. The van der Waals surface area contributed by atoms with Gasteiger partial charge in [0.25, 0.3) is 0 Å². The second-order valence-electron chi connectivity index (χ2n) is 5.03. The highest BCUT2D eigenvalue weighted by molar-refractivity contribution is 7.99. The van der Waals surface area contributed by atoms with E-state index in [-0.39, 0.29) is 22.3 Å². The van der Waals surface area contributed by atoms with Gasteiger partial charge in [-0.3, -0.25) is 0 Å². The summed E-state index contributed by atoms with van der Waals surface area (Å²) in [6.45, 7) is 0. The molecule has 110 valence electrons. The van der Waals surface area contributed by atoms with Crippen molar-refractivity contribution in [2.75, 3.05) is 11.6 Å². The van der Waals surface area contributed by atoms with Gasteiger partial charge in [-0.25, -0.2) is 8.78 Å². The van der Waals surface area contributed by atoms with Crippen LogP contribution in [0, 0.1) is 11.6 Å². The molecular weight excluding hydrogens is 298 g/mol. The van der Waals surface area contributed by atoms with Crippen molar-refractivity contribution in [3.63, 3.8) is 0 Å². The van der Waals surface area contributed by atoms with E-state index >= 15 is 0 Å². The first kappa shape index (κ1) is 15.5. The number of hydrogen-bond acceptors (Lipinski definition) is 3. The lowest BCUT2D eigenvalue weighted by atomic mass is 9.94. The fourth-order valence-corrected chi connectivity index (χ4v) is 3.36. The van der Waals surface area contributed by atoms with E-state index < -0.39 is 11.6 Å². The van der Waals surface area contributed by atoms with Crippen molar-refractivity contribution < 1.29 is 8.78 Å². The molecule has 2 nitrogen and oxygen atoms in total. The fourth-order valence-electron chi connectivity index (χ4n) is 2.50. The van der Waals surface area contributed by atoms with E-state index in [1.165, 1.54) is 12.1 Å². The standard InChI is InChI=1S/C14H18F2N2S2/c1-20-10-4-2-9(3-5-10)18-13-11(15)6-8(14(17)19)7-12(13)16/h6-7,9-10,18H,2-5H2,1H3,(H2,17,19). The Hall–Kier alpha value is -0.880. The highest BCUT2D eigenvalue weighted by Crippen LogP contribution is 2.30. The van der Waals surface area contributed by atoms with Crippen LogP contribution in [-0.2, 0) is 0 Å². The lowest BCUT2D eigenvalue weighted by Gasteiger charge is -2.29. The third kappa shape index (κ3) is 3.61. The number of thiocarbonyl (C=S) groups is 1. The molecule has 0 radical (unpaired) electrons. The molecule has 1 aromatic carbocycles. The first-order valence-electron chi connectivity index (χ1n) is 6.59. The maximum absolute atomic E-state index is 13.9. The largest absolute Gasteiger partial charge is 0.389 e. The summed E-state index contributed by atoms with van der Waals surface area (Å²) in [6, 6.07) is 2.49. The van der Waals surface area contributed by atoms with Gasteiger partial charge in [0.1, 0.15) is 22.3 Å². The Labute approximate surface area is 127 Å². The smallest absolute Gasteiger partial charge is 0.150 e. The highest BCUT2D eigenvalue weighted by atomic mass is 32.2. The van der Waals surface area contributed by atoms with Crippen molar-refractivity contribution in [2.24, 2.45) is 5.73 Å². The zero-order valence-electron chi connectivity index (χ0n) is 11.3. The minimum atomic E-state index is -0.639. The van der Waals surface area contributed by atoms with Crippen LogP contribution in [0.5, 0.6) is 0 Å². The zero-order valence-corrected chi connectivity index (χ0v) is 12.9. The van der Waals surface area contributed by atoms with Crippen LogP contribution < -0.4 is 11.1 Å². The predicted octanol–water partition coefficient (Wildman–Crippen LogP) is 3.69. The van der Waals surface area contributed by atoms with Crippen LogP contribution >= 0.6 is 24.0 Å². The van der Waals surface area contributed by atoms with E-state index in [1.807, 2.05) is 11.8 Å². The average molecular weight is 316 g/mol. The number of hydrogen-bond donors (Lipinski definition) is 2. The summed E-state index contributed by atoms with van der Waals surface area (Å²) < 4.78 is 27.9. The Kier molecular flexibility index (Phi) is 5.21. The van der Waals surface area contributed by atoms with Gasteiger partial charge in [0.2, 0.25) is 0 Å². The number of benzene rings is 1. The molecule has 0 spiro atoms.